The molecular weight excluding hydrogens is 382 g/mol. The molecule has 2 nitrogen and oxygen atoms in total. The number of hydrogen-bond acceptors (Lipinski definition) is 2. The second kappa shape index (κ2) is 5.09. The summed E-state index contributed by atoms with van der Waals surface area (Å²) in [6.45, 7) is 4.05. The molecule has 1 heterocycles. The highest BCUT2D eigenvalue weighted by Gasteiger charge is 2.30. The Kier molecular flexibility index (Phi) is 3.51. The summed E-state index contributed by atoms with van der Waals surface area (Å²) < 4.78 is 19.6. The van der Waals surface area contributed by atoms with Gasteiger partial charge < -0.3 is 4.74 Å². The number of ketones is 1. The average molecular weight is 396 g/mol. The SMILES string of the molecule is CC1(C)Cc2cc(C(=O)c3ccc(F)cc3I)ccc2O1. The lowest BCUT2D eigenvalue weighted by Gasteiger charge is -2.16. The first-order chi connectivity index (χ1) is 9.85. The maximum absolute atomic E-state index is 13.1. The lowest BCUT2D eigenvalue weighted by Crippen LogP contribution is -2.24. The van der Waals surface area contributed by atoms with E-state index in [0.29, 0.717) is 14.7 Å². The molecule has 2 aromatic carbocycles. The maximum Gasteiger partial charge on any atom is 0.194 e. The van der Waals surface area contributed by atoms with E-state index in [1.165, 1.54) is 18.2 Å². The van der Waals surface area contributed by atoms with Crippen LogP contribution in [0.15, 0.2) is 36.4 Å². The summed E-state index contributed by atoms with van der Waals surface area (Å²) in [4.78, 5) is 12.6. The summed E-state index contributed by atoms with van der Waals surface area (Å²) in [6.07, 6.45) is 0.782. The Morgan fingerprint density at radius 1 is 1.24 bits per heavy atom. The van der Waals surface area contributed by atoms with Crippen LogP contribution in [0.25, 0.3) is 0 Å². The lowest BCUT2D eigenvalue weighted by molar-refractivity contribution is 0.103. The molecule has 0 saturated carbocycles. The summed E-state index contributed by atoms with van der Waals surface area (Å²) in [5, 5.41) is 0. The number of carbonyl (C=O) groups excluding carboxylic acids is 1. The number of benzene rings is 2. The van der Waals surface area contributed by atoms with Gasteiger partial charge in [0.05, 0.1) is 0 Å². The van der Waals surface area contributed by atoms with Crippen molar-refractivity contribution in [2.45, 2.75) is 25.9 Å². The van der Waals surface area contributed by atoms with Crippen LogP contribution >= 0.6 is 22.6 Å². The summed E-state index contributed by atoms with van der Waals surface area (Å²) in [7, 11) is 0. The Morgan fingerprint density at radius 2 is 2.00 bits per heavy atom. The third-order valence-electron chi connectivity index (χ3n) is 3.50. The molecule has 0 saturated heterocycles. The lowest BCUT2D eigenvalue weighted by atomic mass is 9.97. The predicted molar refractivity (Wildman–Crippen MR) is 87.4 cm³/mol. The molecule has 0 aliphatic carbocycles. The van der Waals surface area contributed by atoms with Gasteiger partial charge in [0.25, 0.3) is 0 Å². The third kappa shape index (κ3) is 2.81. The molecule has 108 valence electrons. The Labute approximate surface area is 136 Å². The standard InChI is InChI=1S/C17H14FIO2/c1-17(2)9-11-7-10(3-6-15(11)21-17)16(20)13-5-4-12(18)8-14(13)19/h3-8H,9H2,1-2H3. The summed E-state index contributed by atoms with van der Waals surface area (Å²) in [5.41, 5.74) is 1.95. The Bertz CT molecular complexity index is 738. The second-order valence-electron chi connectivity index (χ2n) is 5.81. The fourth-order valence-corrected chi connectivity index (χ4v) is 3.30. The van der Waals surface area contributed by atoms with E-state index < -0.39 is 0 Å². The quantitative estimate of drug-likeness (QED) is 0.557. The number of hydrogen-bond donors (Lipinski definition) is 0. The monoisotopic (exact) mass is 396 g/mol. The molecule has 0 fully saturated rings. The van der Waals surface area contributed by atoms with Crippen molar-refractivity contribution in [3.63, 3.8) is 0 Å². The normalized spacial score (nSPS) is 15.4. The van der Waals surface area contributed by atoms with Gasteiger partial charge in [0.1, 0.15) is 17.2 Å². The van der Waals surface area contributed by atoms with Crippen molar-refractivity contribution in [2.75, 3.05) is 0 Å². The summed E-state index contributed by atoms with van der Waals surface area (Å²) >= 11 is 1.98. The topological polar surface area (TPSA) is 26.3 Å². The number of rotatable bonds is 2. The molecule has 1 aliphatic heterocycles. The highest BCUT2D eigenvalue weighted by molar-refractivity contribution is 14.1. The van der Waals surface area contributed by atoms with Gasteiger partial charge >= 0.3 is 0 Å². The van der Waals surface area contributed by atoms with Crippen molar-refractivity contribution in [2.24, 2.45) is 0 Å². The van der Waals surface area contributed by atoms with E-state index in [0.717, 1.165) is 17.7 Å². The zero-order valence-electron chi connectivity index (χ0n) is 11.7. The Hall–Kier alpha value is -1.43. The van der Waals surface area contributed by atoms with Crippen LogP contribution in [0.1, 0.15) is 35.3 Å². The largest absolute Gasteiger partial charge is 0.487 e. The first kappa shape index (κ1) is 14.5. The highest BCUT2D eigenvalue weighted by Crippen LogP contribution is 2.35. The van der Waals surface area contributed by atoms with E-state index in [1.54, 1.807) is 6.07 Å². The van der Waals surface area contributed by atoms with Crippen molar-refractivity contribution < 1.29 is 13.9 Å². The minimum atomic E-state index is -0.333. The average Bonchev–Trinajstić information content (AvgIpc) is 2.70. The Morgan fingerprint density at radius 3 is 2.71 bits per heavy atom. The first-order valence-corrected chi connectivity index (χ1v) is 7.75. The maximum atomic E-state index is 13.1. The van der Waals surface area contributed by atoms with Gasteiger partial charge in [-0.15, -0.1) is 0 Å². The van der Waals surface area contributed by atoms with E-state index in [2.05, 4.69) is 0 Å². The van der Waals surface area contributed by atoms with Crippen molar-refractivity contribution in [1.82, 2.24) is 0 Å². The fraction of sp³-hybridized carbons (Fsp3) is 0.235. The summed E-state index contributed by atoms with van der Waals surface area (Å²) in [6, 6.07) is 9.71. The van der Waals surface area contributed by atoms with Crippen LogP contribution in [0.3, 0.4) is 0 Å². The first-order valence-electron chi connectivity index (χ1n) is 6.67. The molecule has 0 bridgehead atoms. The van der Waals surface area contributed by atoms with Gasteiger partial charge in [0, 0.05) is 21.1 Å². The van der Waals surface area contributed by atoms with Crippen LogP contribution in [-0.2, 0) is 6.42 Å². The van der Waals surface area contributed by atoms with Crippen molar-refractivity contribution in [3.05, 3.63) is 62.5 Å². The second-order valence-corrected chi connectivity index (χ2v) is 6.98. The molecular formula is C17H14FIO2. The van der Waals surface area contributed by atoms with Gasteiger partial charge in [0.15, 0.2) is 5.78 Å². The number of fused-ring (bicyclic) bond motifs is 1. The van der Waals surface area contributed by atoms with Gasteiger partial charge in [-0.3, -0.25) is 4.79 Å². The number of halogens is 2. The highest BCUT2D eigenvalue weighted by atomic mass is 127. The smallest absolute Gasteiger partial charge is 0.194 e. The van der Waals surface area contributed by atoms with Gasteiger partial charge in [-0.2, -0.15) is 0 Å². The molecule has 0 N–H and O–H groups in total. The van der Waals surface area contributed by atoms with Gasteiger partial charge in [-0.05, 0) is 78.4 Å². The number of carbonyl (C=O) groups is 1. The predicted octanol–water partition coefficient (Wildman–Crippen LogP) is 4.37. The van der Waals surface area contributed by atoms with Gasteiger partial charge in [-0.1, -0.05) is 0 Å². The molecule has 0 spiro atoms. The molecule has 0 amide bonds. The molecule has 0 aromatic heterocycles. The van der Waals surface area contributed by atoms with Crippen LogP contribution in [0, 0.1) is 9.39 Å². The molecule has 0 unspecified atom stereocenters. The van der Waals surface area contributed by atoms with Gasteiger partial charge in [-0.25, -0.2) is 4.39 Å². The van der Waals surface area contributed by atoms with E-state index >= 15 is 0 Å². The van der Waals surface area contributed by atoms with Gasteiger partial charge in [0.2, 0.25) is 0 Å². The molecule has 0 radical (unpaired) electrons. The molecule has 2 aromatic rings. The van der Waals surface area contributed by atoms with Crippen LogP contribution in [0.2, 0.25) is 0 Å². The third-order valence-corrected chi connectivity index (χ3v) is 4.39. The van der Waals surface area contributed by atoms with E-state index in [-0.39, 0.29) is 17.2 Å². The summed E-state index contributed by atoms with van der Waals surface area (Å²) in [5.74, 6) is 0.414. The van der Waals surface area contributed by atoms with Crippen molar-refractivity contribution in [1.29, 1.82) is 0 Å². The molecule has 21 heavy (non-hydrogen) atoms. The zero-order chi connectivity index (χ0) is 15.2. The van der Waals surface area contributed by atoms with E-state index in [1.807, 2.05) is 48.6 Å². The minimum absolute atomic E-state index is 0.0908. The molecule has 0 atom stereocenters. The Balaban J connectivity index is 1.97. The van der Waals surface area contributed by atoms with E-state index in [4.69, 9.17) is 4.74 Å². The van der Waals surface area contributed by atoms with Crippen LogP contribution < -0.4 is 4.74 Å². The molecule has 3 rings (SSSR count). The fourth-order valence-electron chi connectivity index (χ4n) is 2.58. The molecule has 4 heteroatoms. The van der Waals surface area contributed by atoms with Crippen LogP contribution in [0.4, 0.5) is 4.39 Å². The van der Waals surface area contributed by atoms with Crippen molar-refractivity contribution >= 4 is 28.4 Å². The van der Waals surface area contributed by atoms with Crippen LogP contribution in [0.5, 0.6) is 5.75 Å². The zero-order valence-corrected chi connectivity index (χ0v) is 13.9. The minimum Gasteiger partial charge on any atom is -0.487 e. The number of ether oxygens (including phenoxy) is 1. The van der Waals surface area contributed by atoms with E-state index in [9.17, 15) is 9.18 Å². The molecule has 1 aliphatic rings. The van der Waals surface area contributed by atoms with Crippen molar-refractivity contribution in [3.8, 4) is 5.75 Å². The van der Waals surface area contributed by atoms with Crippen LogP contribution in [-0.4, -0.2) is 11.4 Å².